The molecule has 140 valence electrons. The number of aromatic nitrogens is 2. The van der Waals surface area contributed by atoms with Gasteiger partial charge in [-0.25, -0.2) is 10.4 Å². The van der Waals surface area contributed by atoms with Crippen molar-refractivity contribution in [2.45, 2.75) is 20.4 Å². The van der Waals surface area contributed by atoms with E-state index in [4.69, 9.17) is 9.47 Å². The largest absolute Gasteiger partial charge is 0.497 e. The molecule has 0 aliphatic carbocycles. The van der Waals surface area contributed by atoms with E-state index >= 15 is 0 Å². The van der Waals surface area contributed by atoms with Gasteiger partial charge in [0, 0.05) is 11.6 Å². The van der Waals surface area contributed by atoms with Crippen molar-refractivity contribution in [2.75, 3.05) is 14.2 Å². The number of hydrazone groups is 1. The highest BCUT2D eigenvalue weighted by molar-refractivity contribution is 6.01. The highest BCUT2D eigenvalue weighted by Gasteiger charge is 2.12. The Morgan fingerprint density at radius 1 is 1.19 bits per heavy atom. The summed E-state index contributed by atoms with van der Waals surface area (Å²) in [5, 5.41) is 4.21. The minimum absolute atomic E-state index is 0.142. The predicted molar refractivity (Wildman–Crippen MR) is 104 cm³/mol. The second-order valence-electron chi connectivity index (χ2n) is 6.03. The summed E-state index contributed by atoms with van der Waals surface area (Å²) in [4.78, 5) is 16.8. The van der Waals surface area contributed by atoms with Crippen LogP contribution in [-0.2, 0) is 11.3 Å². The molecule has 0 fully saturated rings. The number of nitrogens with zero attached hydrogens (tertiary/aromatic N) is 3. The van der Waals surface area contributed by atoms with Crippen molar-refractivity contribution < 1.29 is 14.3 Å². The fourth-order valence-corrected chi connectivity index (χ4v) is 2.88. The predicted octanol–water partition coefficient (Wildman–Crippen LogP) is 2.90. The van der Waals surface area contributed by atoms with Gasteiger partial charge >= 0.3 is 0 Å². The molecule has 0 aliphatic rings. The highest BCUT2D eigenvalue weighted by atomic mass is 16.5. The van der Waals surface area contributed by atoms with Gasteiger partial charge in [0.1, 0.15) is 23.9 Å². The molecule has 0 unspecified atom stereocenters. The van der Waals surface area contributed by atoms with Gasteiger partial charge < -0.3 is 14.0 Å². The Morgan fingerprint density at radius 3 is 2.70 bits per heavy atom. The summed E-state index contributed by atoms with van der Waals surface area (Å²) in [7, 11) is 3.18. The molecule has 1 amide bonds. The third-order valence-electron chi connectivity index (χ3n) is 4.29. The van der Waals surface area contributed by atoms with Crippen LogP contribution in [0.25, 0.3) is 11.0 Å². The summed E-state index contributed by atoms with van der Waals surface area (Å²) >= 11 is 0. The normalized spacial score (nSPS) is 11.5. The van der Waals surface area contributed by atoms with Crippen LogP contribution < -0.4 is 14.9 Å². The third kappa shape index (κ3) is 3.92. The molecule has 1 heterocycles. The van der Waals surface area contributed by atoms with Gasteiger partial charge in [0.2, 0.25) is 0 Å². The van der Waals surface area contributed by atoms with Crippen LogP contribution in [0, 0.1) is 6.92 Å². The molecule has 0 bridgehead atoms. The van der Waals surface area contributed by atoms with Crippen molar-refractivity contribution in [3.05, 3.63) is 53.9 Å². The number of nitrogens with one attached hydrogen (secondary N) is 1. The number of benzene rings is 2. The number of imidazole rings is 1. The summed E-state index contributed by atoms with van der Waals surface area (Å²) < 4.78 is 12.4. The van der Waals surface area contributed by atoms with Crippen LogP contribution in [0.4, 0.5) is 0 Å². The summed E-state index contributed by atoms with van der Waals surface area (Å²) in [5.74, 6) is 1.87. The van der Waals surface area contributed by atoms with Gasteiger partial charge in [0.05, 0.1) is 31.0 Å². The number of carbonyl (C=O) groups is 1. The van der Waals surface area contributed by atoms with E-state index in [1.807, 2.05) is 54.8 Å². The number of fused-ring (bicyclic) bond motifs is 1. The maximum Gasteiger partial charge on any atom is 0.260 e. The van der Waals surface area contributed by atoms with Crippen molar-refractivity contribution >= 4 is 22.7 Å². The lowest BCUT2D eigenvalue weighted by Crippen LogP contribution is -2.24. The van der Waals surface area contributed by atoms with Crippen molar-refractivity contribution in [3.63, 3.8) is 0 Å². The monoisotopic (exact) mass is 366 g/mol. The Labute approximate surface area is 157 Å². The zero-order valence-corrected chi connectivity index (χ0v) is 15.8. The van der Waals surface area contributed by atoms with E-state index < -0.39 is 0 Å². The average molecular weight is 366 g/mol. The van der Waals surface area contributed by atoms with E-state index in [0.29, 0.717) is 17.2 Å². The van der Waals surface area contributed by atoms with Crippen LogP contribution in [0.2, 0.25) is 0 Å². The number of rotatable bonds is 6. The molecule has 7 nitrogen and oxygen atoms in total. The minimum Gasteiger partial charge on any atom is -0.497 e. The van der Waals surface area contributed by atoms with Gasteiger partial charge in [-0.1, -0.05) is 12.1 Å². The van der Waals surface area contributed by atoms with Crippen LogP contribution in [-0.4, -0.2) is 35.4 Å². The minimum atomic E-state index is -0.229. The van der Waals surface area contributed by atoms with E-state index in [1.54, 1.807) is 20.3 Å². The van der Waals surface area contributed by atoms with Crippen LogP contribution in [0.3, 0.4) is 0 Å². The Kier molecular flexibility index (Phi) is 5.40. The smallest absolute Gasteiger partial charge is 0.260 e. The molecule has 1 N–H and O–H groups in total. The number of aryl methyl sites for hydroxylation is 1. The number of ether oxygens (including phenoxy) is 2. The Morgan fingerprint density at radius 2 is 1.96 bits per heavy atom. The Balaban J connectivity index is 1.75. The summed E-state index contributed by atoms with van der Waals surface area (Å²) in [5.41, 5.74) is 5.80. The first-order valence-corrected chi connectivity index (χ1v) is 8.51. The molecule has 3 rings (SSSR count). The first kappa shape index (κ1) is 18.4. The lowest BCUT2D eigenvalue weighted by Gasteiger charge is -2.10. The average Bonchev–Trinajstić information content (AvgIpc) is 3.00. The molecule has 0 aliphatic heterocycles. The van der Waals surface area contributed by atoms with E-state index in [0.717, 1.165) is 22.4 Å². The van der Waals surface area contributed by atoms with Crippen LogP contribution >= 0.6 is 0 Å². The number of carbonyl (C=O) groups excluding carboxylic acids is 1. The van der Waals surface area contributed by atoms with Gasteiger partial charge in [-0.05, 0) is 38.1 Å². The van der Waals surface area contributed by atoms with E-state index in [2.05, 4.69) is 15.5 Å². The van der Waals surface area contributed by atoms with E-state index in [1.165, 1.54) is 0 Å². The zero-order chi connectivity index (χ0) is 19.4. The zero-order valence-electron chi connectivity index (χ0n) is 15.8. The maximum atomic E-state index is 12.4. The third-order valence-corrected chi connectivity index (χ3v) is 4.29. The number of para-hydroxylation sites is 2. The number of amides is 1. The van der Waals surface area contributed by atoms with Crippen molar-refractivity contribution in [3.8, 4) is 11.5 Å². The number of methoxy groups -OCH3 is 2. The molecule has 27 heavy (non-hydrogen) atoms. The highest BCUT2D eigenvalue weighted by Crippen LogP contribution is 2.25. The fraction of sp³-hybridized carbons (Fsp3) is 0.250. The fourth-order valence-electron chi connectivity index (χ4n) is 2.88. The van der Waals surface area contributed by atoms with E-state index in [9.17, 15) is 4.79 Å². The molecule has 0 saturated carbocycles. The quantitative estimate of drug-likeness (QED) is 0.537. The second kappa shape index (κ2) is 7.90. The first-order chi connectivity index (χ1) is 13.0. The molecule has 3 aromatic rings. The molecule has 0 atom stereocenters. The maximum absolute atomic E-state index is 12.4. The van der Waals surface area contributed by atoms with Crippen LogP contribution in [0.1, 0.15) is 18.3 Å². The molecule has 0 saturated heterocycles. The van der Waals surface area contributed by atoms with Crippen molar-refractivity contribution in [1.82, 2.24) is 15.0 Å². The molecular weight excluding hydrogens is 344 g/mol. The van der Waals surface area contributed by atoms with Crippen molar-refractivity contribution in [1.29, 1.82) is 0 Å². The van der Waals surface area contributed by atoms with Crippen molar-refractivity contribution in [2.24, 2.45) is 5.10 Å². The van der Waals surface area contributed by atoms with E-state index in [-0.39, 0.29) is 12.5 Å². The van der Waals surface area contributed by atoms with Crippen LogP contribution in [0.15, 0.2) is 47.6 Å². The SMILES string of the molecule is COc1ccc(/C(C)=N/NC(=O)Cn2c(C)nc3ccccc32)c(OC)c1. The molecule has 0 spiro atoms. The second-order valence-corrected chi connectivity index (χ2v) is 6.03. The first-order valence-electron chi connectivity index (χ1n) is 8.51. The standard InChI is InChI=1S/C20H22N4O3/c1-13(16-10-9-15(26-3)11-19(16)27-4)22-23-20(25)12-24-14(2)21-17-7-5-6-8-18(17)24/h5-11H,12H2,1-4H3,(H,23,25)/b22-13+. The lowest BCUT2D eigenvalue weighted by molar-refractivity contribution is -0.121. The molecule has 0 radical (unpaired) electrons. The summed E-state index contributed by atoms with van der Waals surface area (Å²) in [6, 6.07) is 13.2. The Hall–Kier alpha value is -3.35. The topological polar surface area (TPSA) is 77.7 Å². The summed E-state index contributed by atoms with van der Waals surface area (Å²) in [6.07, 6.45) is 0. The van der Waals surface area contributed by atoms with Gasteiger partial charge in [-0.3, -0.25) is 4.79 Å². The molecule has 1 aromatic heterocycles. The van der Waals surface area contributed by atoms with Crippen LogP contribution in [0.5, 0.6) is 11.5 Å². The summed E-state index contributed by atoms with van der Waals surface area (Å²) in [6.45, 7) is 3.83. The van der Waals surface area contributed by atoms with Gasteiger partial charge in [0.15, 0.2) is 0 Å². The number of hydrogen-bond acceptors (Lipinski definition) is 5. The van der Waals surface area contributed by atoms with Gasteiger partial charge in [-0.15, -0.1) is 0 Å². The lowest BCUT2D eigenvalue weighted by atomic mass is 10.1. The Bertz CT molecular complexity index is 1010. The molecular formula is C20H22N4O3. The van der Waals surface area contributed by atoms with Gasteiger partial charge in [-0.2, -0.15) is 5.10 Å². The molecule has 2 aromatic carbocycles. The molecule has 7 heteroatoms. The van der Waals surface area contributed by atoms with Gasteiger partial charge in [0.25, 0.3) is 5.91 Å². The number of hydrogen-bond donors (Lipinski definition) is 1.